The number of aryl methyl sites for hydroxylation is 1. The van der Waals surface area contributed by atoms with Crippen molar-refractivity contribution >= 4 is 16.7 Å². The van der Waals surface area contributed by atoms with Crippen LogP contribution in [0.4, 0.5) is 0 Å². The number of carbonyl (C=O) groups excluding carboxylic acids is 1. The molecule has 19 heavy (non-hydrogen) atoms. The number of Topliss-reactive ketones (excluding diaryl/α,β-unsaturated/α-hetero) is 1. The predicted octanol–water partition coefficient (Wildman–Crippen LogP) is 3.86. The van der Waals surface area contributed by atoms with Crippen molar-refractivity contribution in [2.24, 2.45) is 5.92 Å². The molecule has 0 amide bonds. The van der Waals surface area contributed by atoms with Gasteiger partial charge in [-0.3, -0.25) is 4.79 Å². The van der Waals surface area contributed by atoms with E-state index in [2.05, 4.69) is 4.98 Å². The topological polar surface area (TPSA) is 42.1 Å². The minimum atomic E-state index is 0.230. The van der Waals surface area contributed by atoms with Crippen LogP contribution in [0, 0.1) is 12.8 Å². The summed E-state index contributed by atoms with van der Waals surface area (Å²) in [4.78, 5) is 15.8. The summed E-state index contributed by atoms with van der Waals surface area (Å²) >= 11 is 0. The Balaban J connectivity index is 2.08. The number of hydrogen-bond acceptors (Lipinski definition) is 2. The van der Waals surface area contributed by atoms with Gasteiger partial charge in [0.05, 0.1) is 6.61 Å². The van der Waals surface area contributed by atoms with Crippen LogP contribution in [0.25, 0.3) is 10.9 Å². The van der Waals surface area contributed by atoms with Crippen molar-refractivity contribution in [3.8, 4) is 5.75 Å². The molecule has 3 heteroatoms. The maximum absolute atomic E-state index is 12.5. The van der Waals surface area contributed by atoms with Crippen molar-refractivity contribution < 1.29 is 9.53 Å². The molecule has 1 aromatic heterocycles. The molecule has 0 bridgehead atoms. The van der Waals surface area contributed by atoms with Crippen LogP contribution in [0.1, 0.15) is 42.2 Å². The third-order valence-electron chi connectivity index (χ3n) is 3.99. The van der Waals surface area contributed by atoms with E-state index >= 15 is 0 Å². The molecule has 0 atom stereocenters. The Morgan fingerprint density at radius 1 is 1.42 bits per heavy atom. The number of ether oxygens (including phenoxy) is 1. The lowest BCUT2D eigenvalue weighted by Crippen LogP contribution is -2.22. The minimum Gasteiger partial charge on any atom is -0.494 e. The van der Waals surface area contributed by atoms with E-state index in [4.69, 9.17) is 4.74 Å². The highest BCUT2D eigenvalue weighted by molar-refractivity contribution is 6.10. The molecule has 1 aliphatic carbocycles. The van der Waals surface area contributed by atoms with Crippen molar-refractivity contribution in [3.63, 3.8) is 0 Å². The second kappa shape index (κ2) is 4.72. The van der Waals surface area contributed by atoms with Crippen molar-refractivity contribution in [1.29, 1.82) is 0 Å². The van der Waals surface area contributed by atoms with Gasteiger partial charge >= 0.3 is 0 Å². The van der Waals surface area contributed by atoms with E-state index in [0.29, 0.717) is 12.4 Å². The lowest BCUT2D eigenvalue weighted by atomic mass is 9.79. The number of rotatable bonds is 4. The summed E-state index contributed by atoms with van der Waals surface area (Å²) in [7, 11) is 0. The third-order valence-corrected chi connectivity index (χ3v) is 3.99. The highest BCUT2D eigenvalue weighted by Gasteiger charge is 2.29. The Morgan fingerprint density at radius 3 is 2.84 bits per heavy atom. The molecule has 3 nitrogen and oxygen atoms in total. The van der Waals surface area contributed by atoms with E-state index in [-0.39, 0.29) is 5.92 Å². The van der Waals surface area contributed by atoms with Crippen molar-refractivity contribution in [1.82, 2.24) is 4.98 Å². The van der Waals surface area contributed by atoms with E-state index in [1.54, 1.807) is 0 Å². The van der Waals surface area contributed by atoms with Gasteiger partial charge < -0.3 is 9.72 Å². The standard InChI is InChI=1S/C16H19NO2/c1-3-19-12-7-8-14-13(9-12)15(10(2)17-14)16(18)11-5-4-6-11/h7-9,11,17H,3-6H2,1-2H3. The molecule has 2 aromatic rings. The lowest BCUT2D eigenvalue weighted by Gasteiger charge is -2.23. The van der Waals surface area contributed by atoms with Gasteiger partial charge in [-0.2, -0.15) is 0 Å². The van der Waals surface area contributed by atoms with Gasteiger partial charge in [0.15, 0.2) is 5.78 Å². The van der Waals surface area contributed by atoms with Gasteiger partial charge in [-0.25, -0.2) is 0 Å². The summed E-state index contributed by atoms with van der Waals surface area (Å²) in [5.41, 5.74) is 2.85. The smallest absolute Gasteiger partial charge is 0.168 e. The Kier molecular flexibility index (Phi) is 3.05. The van der Waals surface area contributed by atoms with E-state index in [0.717, 1.165) is 40.8 Å². The largest absolute Gasteiger partial charge is 0.494 e. The Morgan fingerprint density at radius 2 is 2.21 bits per heavy atom. The monoisotopic (exact) mass is 257 g/mol. The molecule has 1 aliphatic rings. The van der Waals surface area contributed by atoms with Crippen molar-refractivity contribution in [2.45, 2.75) is 33.1 Å². The second-order valence-corrected chi connectivity index (χ2v) is 5.26. The van der Waals surface area contributed by atoms with Gasteiger partial charge in [0.2, 0.25) is 0 Å². The number of carbonyl (C=O) groups is 1. The van der Waals surface area contributed by atoms with Gasteiger partial charge in [-0.1, -0.05) is 6.42 Å². The first-order valence-corrected chi connectivity index (χ1v) is 7.00. The van der Waals surface area contributed by atoms with Crippen LogP contribution in [-0.2, 0) is 0 Å². The maximum atomic E-state index is 12.5. The Hall–Kier alpha value is -1.77. The number of ketones is 1. The highest BCUT2D eigenvalue weighted by Crippen LogP contribution is 2.34. The number of aromatic amines is 1. The zero-order valence-corrected chi connectivity index (χ0v) is 11.5. The fourth-order valence-electron chi connectivity index (χ4n) is 2.75. The fraction of sp³-hybridized carbons (Fsp3) is 0.438. The number of hydrogen-bond donors (Lipinski definition) is 1. The maximum Gasteiger partial charge on any atom is 0.168 e. The summed E-state index contributed by atoms with van der Waals surface area (Å²) < 4.78 is 5.53. The molecule has 0 radical (unpaired) electrons. The van der Waals surface area contributed by atoms with Crippen LogP contribution in [0.3, 0.4) is 0 Å². The van der Waals surface area contributed by atoms with Crippen molar-refractivity contribution in [2.75, 3.05) is 6.61 Å². The van der Waals surface area contributed by atoms with Gasteiger partial charge in [0.25, 0.3) is 0 Å². The first kappa shape index (κ1) is 12.3. The molecule has 0 aliphatic heterocycles. The minimum absolute atomic E-state index is 0.230. The molecule has 0 unspecified atom stereocenters. The van der Waals surface area contributed by atoms with E-state index in [9.17, 15) is 4.79 Å². The summed E-state index contributed by atoms with van der Waals surface area (Å²) in [6, 6.07) is 5.92. The van der Waals surface area contributed by atoms with E-state index in [1.807, 2.05) is 32.0 Å². The molecule has 1 fully saturated rings. The zero-order valence-electron chi connectivity index (χ0n) is 11.5. The summed E-state index contributed by atoms with van der Waals surface area (Å²) in [5, 5.41) is 1.00. The lowest BCUT2D eigenvalue weighted by molar-refractivity contribution is 0.0856. The third kappa shape index (κ3) is 2.03. The van der Waals surface area contributed by atoms with Gasteiger partial charge in [-0.15, -0.1) is 0 Å². The van der Waals surface area contributed by atoms with Crippen LogP contribution in [0.15, 0.2) is 18.2 Å². The van der Waals surface area contributed by atoms with Crippen LogP contribution in [0.5, 0.6) is 5.75 Å². The zero-order chi connectivity index (χ0) is 13.4. The predicted molar refractivity (Wildman–Crippen MR) is 75.9 cm³/mol. The Bertz CT molecular complexity index is 623. The molecule has 100 valence electrons. The Labute approximate surface area is 113 Å². The molecule has 1 aromatic carbocycles. The quantitative estimate of drug-likeness (QED) is 0.845. The molecule has 0 saturated heterocycles. The molecule has 1 heterocycles. The number of H-pyrrole nitrogens is 1. The number of benzene rings is 1. The van der Waals surface area contributed by atoms with E-state index in [1.165, 1.54) is 6.42 Å². The van der Waals surface area contributed by atoms with Crippen LogP contribution < -0.4 is 4.74 Å². The number of fused-ring (bicyclic) bond motifs is 1. The van der Waals surface area contributed by atoms with Gasteiger partial charge in [0.1, 0.15) is 5.75 Å². The normalized spacial score (nSPS) is 15.5. The molecular formula is C16H19NO2. The van der Waals surface area contributed by atoms with E-state index < -0.39 is 0 Å². The fourth-order valence-corrected chi connectivity index (χ4v) is 2.75. The average molecular weight is 257 g/mol. The van der Waals surface area contributed by atoms with Crippen LogP contribution in [-0.4, -0.2) is 17.4 Å². The van der Waals surface area contributed by atoms with Crippen molar-refractivity contribution in [3.05, 3.63) is 29.5 Å². The SMILES string of the molecule is CCOc1ccc2[nH]c(C)c(C(=O)C3CCC3)c2c1. The second-order valence-electron chi connectivity index (χ2n) is 5.26. The molecule has 0 spiro atoms. The highest BCUT2D eigenvalue weighted by atomic mass is 16.5. The number of nitrogens with one attached hydrogen (secondary N) is 1. The number of aromatic nitrogens is 1. The summed E-state index contributed by atoms with van der Waals surface area (Å²) in [6.45, 7) is 4.58. The summed E-state index contributed by atoms with van der Waals surface area (Å²) in [6.07, 6.45) is 3.26. The summed E-state index contributed by atoms with van der Waals surface area (Å²) in [5.74, 6) is 1.36. The molecular weight excluding hydrogens is 238 g/mol. The molecule has 1 saturated carbocycles. The van der Waals surface area contributed by atoms with Gasteiger partial charge in [0, 0.05) is 28.1 Å². The van der Waals surface area contributed by atoms with Crippen LogP contribution >= 0.6 is 0 Å². The molecule has 3 rings (SSSR count). The van der Waals surface area contributed by atoms with Gasteiger partial charge in [-0.05, 0) is 44.9 Å². The van der Waals surface area contributed by atoms with Crippen LogP contribution in [0.2, 0.25) is 0 Å². The average Bonchev–Trinajstić information content (AvgIpc) is 2.62. The first-order chi connectivity index (χ1) is 9.20. The first-order valence-electron chi connectivity index (χ1n) is 7.00. The molecule has 1 N–H and O–H groups in total.